The number of hydrogen-bond donors (Lipinski definition) is 1. The Labute approximate surface area is 126 Å². The second-order valence-electron chi connectivity index (χ2n) is 4.41. The molecule has 0 aliphatic carbocycles. The van der Waals surface area contributed by atoms with Gasteiger partial charge in [0.25, 0.3) is 0 Å². The van der Waals surface area contributed by atoms with Crippen molar-refractivity contribution >= 4 is 27.5 Å². The molecule has 2 aromatic rings. The highest BCUT2D eigenvalue weighted by molar-refractivity contribution is 9.10. The van der Waals surface area contributed by atoms with Crippen LogP contribution in [0.1, 0.15) is 30.2 Å². The fraction of sp³-hybridized carbons (Fsp3) is 0.357. The van der Waals surface area contributed by atoms with E-state index in [0.29, 0.717) is 11.7 Å². The Bertz CT molecular complexity index is 551. The van der Waals surface area contributed by atoms with Crippen LogP contribution in [0.5, 0.6) is 0 Å². The van der Waals surface area contributed by atoms with E-state index in [9.17, 15) is 5.11 Å². The third kappa shape index (κ3) is 3.38. The Balaban J connectivity index is 2.27. The van der Waals surface area contributed by atoms with Crippen molar-refractivity contribution in [2.24, 2.45) is 0 Å². The van der Waals surface area contributed by atoms with Gasteiger partial charge in [0.2, 0.25) is 0 Å². The Kier molecular flexibility index (Phi) is 5.02. The second kappa shape index (κ2) is 6.55. The summed E-state index contributed by atoms with van der Waals surface area (Å²) in [6.45, 7) is 2.64. The quantitative estimate of drug-likeness (QED) is 0.897. The molecule has 0 unspecified atom stereocenters. The van der Waals surface area contributed by atoms with Crippen LogP contribution in [0.15, 0.2) is 28.7 Å². The zero-order chi connectivity index (χ0) is 13.8. The highest BCUT2D eigenvalue weighted by Crippen LogP contribution is 2.22. The highest BCUT2D eigenvalue weighted by Gasteiger charge is 2.14. The lowest BCUT2D eigenvalue weighted by atomic mass is 10.2. The smallest absolute Gasteiger partial charge is 0.133 e. The summed E-state index contributed by atoms with van der Waals surface area (Å²) in [6, 6.07) is 8.04. The number of rotatable bonds is 5. The van der Waals surface area contributed by atoms with Crippen LogP contribution in [0.3, 0.4) is 0 Å². The molecule has 0 saturated heterocycles. The van der Waals surface area contributed by atoms with Crippen LogP contribution in [0.4, 0.5) is 0 Å². The lowest BCUT2D eigenvalue weighted by molar-refractivity contribution is 0.280. The Morgan fingerprint density at radius 2 is 2.00 bits per heavy atom. The maximum absolute atomic E-state index is 9.40. The third-order valence-corrected chi connectivity index (χ3v) is 3.91. The number of aliphatic hydroxyl groups is 1. The lowest BCUT2D eigenvalue weighted by Crippen LogP contribution is -2.02. The molecular formula is C14H16BrClN2O. The zero-order valence-electron chi connectivity index (χ0n) is 10.7. The molecule has 102 valence electrons. The van der Waals surface area contributed by atoms with Crippen LogP contribution in [0.2, 0.25) is 5.15 Å². The van der Waals surface area contributed by atoms with Crippen molar-refractivity contribution in [3.05, 3.63) is 50.7 Å². The average molecular weight is 344 g/mol. The number of hydrogen-bond acceptors (Lipinski definition) is 2. The van der Waals surface area contributed by atoms with Crippen LogP contribution in [0.25, 0.3) is 0 Å². The van der Waals surface area contributed by atoms with Gasteiger partial charge in [-0.15, -0.1) is 0 Å². The molecule has 0 radical (unpaired) electrons. The van der Waals surface area contributed by atoms with Crippen LogP contribution >= 0.6 is 27.5 Å². The molecular weight excluding hydrogens is 328 g/mol. The number of aryl methyl sites for hydroxylation is 1. The van der Waals surface area contributed by atoms with Crippen LogP contribution < -0.4 is 0 Å². The molecule has 1 N–H and O–H groups in total. The Morgan fingerprint density at radius 1 is 1.32 bits per heavy atom. The lowest BCUT2D eigenvalue weighted by Gasteiger charge is -2.04. The van der Waals surface area contributed by atoms with Gasteiger partial charge in [0, 0.05) is 10.0 Å². The van der Waals surface area contributed by atoms with Gasteiger partial charge in [0.15, 0.2) is 0 Å². The summed E-state index contributed by atoms with van der Waals surface area (Å²) in [6.07, 6.45) is 1.82. The first-order valence-electron chi connectivity index (χ1n) is 6.25. The summed E-state index contributed by atoms with van der Waals surface area (Å²) >= 11 is 9.69. The minimum absolute atomic E-state index is 0.0610. The van der Waals surface area contributed by atoms with Gasteiger partial charge in [-0.05, 0) is 24.1 Å². The molecule has 1 heterocycles. The SMILES string of the molecule is CCCc1nn(Cc2ccc(Br)cc2)c(Cl)c1CO. The minimum Gasteiger partial charge on any atom is -0.391 e. The van der Waals surface area contributed by atoms with Crippen LogP contribution in [-0.2, 0) is 19.6 Å². The number of aliphatic hydroxyl groups excluding tert-OH is 1. The van der Waals surface area contributed by atoms with E-state index in [0.717, 1.165) is 34.1 Å². The fourth-order valence-corrected chi connectivity index (χ4v) is 2.52. The summed E-state index contributed by atoms with van der Waals surface area (Å²) in [5.74, 6) is 0. The van der Waals surface area contributed by atoms with Crippen LogP contribution in [0, 0.1) is 0 Å². The molecule has 0 saturated carbocycles. The Morgan fingerprint density at radius 3 is 2.58 bits per heavy atom. The molecule has 0 aliphatic heterocycles. The van der Waals surface area contributed by atoms with E-state index in [1.165, 1.54) is 0 Å². The van der Waals surface area contributed by atoms with E-state index in [1.54, 1.807) is 4.68 Å². The number of halogens is 2. The predicted molar refractivity (Wildman–Crippen MR) is 80.4 cm³/mol. The molecule has 1 aromatic carbocycles. The van der Waals surface area contributed by atoms with Gasteiger partial charge in [-0.2, -0.15) is 5.10 Å². The van der Waals surface area contributed by atoms with E-state index >= 15 is 0 Å². The third-order valence-electron chi connectivity index (χ3n) is 2.96. The van der Waals surface area contributed by atoms with Crippen molar-refractivity contribution in [3.63, 3.8) is 0 Å². The first kappa shape index (κ1) is 14.6. The minimum atomic E-state index is -0.0610. The van der Waals surface area contributed by atoms with E-state index in [-0.39, 0.29) is 6.61 Å². The molecule has 1 aromatic heterocycles. The van der Waals surface area contributed by atoms with Gasteiger partial charge in [0.1, 0.15) is 5.15 Å². The summed E-state index contributed by atoms with van der Waals surface area (Å²) in [5.41, 5.74) is 2.77. The molecule has 3 nitrogen and oxygen atoms in total. The molecule has 0 aliphatic rings. The number of nitrogens with zero attached hydrogens (tertiary/aromatic N) is 2. The summed E-state index contributed by atoms with van der Waals surface area (Å²) in [4.78, 5) is 0. The molecule has 2 rings (SSSR count). The molecule has 5 heteroatoms. The normalized spacial score (nSPS) is 10.9. The van der Waals surface area contributed by atoms with Gasteiger partial charge < -0.3 is 5.11 Å². The average Bonchev–Trinajstić information content (AvgIpc) is 2.69. The monoisotopic (exact) mass is 342 g/mol. The molecule has 0 bridgehead atoms. The van der Waals surface area contributed by atoms with Crippen molar-refractivity contribution in [1.82, 2.24) is 9.78 Å². The largest absolute Gasteiger partial charge is 0.391 e. The van der Waals surface area contributed by atoms with Gasteiger partial charge in [-0.25, -0.2) is 4.68 Å². The number of benzene rings is 1. The molecule has 0 fully saturated rings. The van der Waals surface area contributed by atoms with Crippen molar-refractivity contribution in [1.29, 1.82) is 0 Å². The van der Waals surface area contributed by atoms with Crippen molar-refractivity contribution in [3.8, 4) is 0 Å². The molecule has 0 amide bonds. The maximum Gasteiger partial charge on any atom is 0.133 e. The van der Waals surface area contributed by atoms with Crippen molar-refractivity contribution in [2.45, 2.75) is 32.9 Å². The highest BCUT2D eigenvalue weighted by atomic mass is 79.9. The van der Waals surface area contributed by atoms with Crippen molar-refractivity contribution < 1.29 is 5.11 Å². The summed E-state index contributed by atoms with van der Waals surface area (Å²) in [7, 11) is 0. The topological polar surface area (TPSA) is 38.0 Å². The first-order chi connectivity index (χ1) is 9.15. The van der Waals surface area contributed by atoms with Gasteiger partial charge in [-0.1, -0.05) is 53.0 Å². The molecule has 0 atom stereocenters. The van der Waals surface area contributed by atoms with Crippen molar-refractivity contribution in [2.75, 3.05) is 0 Å². The summed E-state index contributed by atoms with van der Waals surface area (Å²) in [5, 5.41) is 14.4. The van der Waals surface area contributed by atoms with Gasteiger partial charge in [0.05, 0.1) is 18.8 Å². The zero-order valence-corrected chi connectivity index (χ0v) is 13.1. The van der Waals surface area contributed by atoms with E-state index in [1.807, 2.05) is 24.3 Å². The molecule has 19 heavy (non-hydrogen) atoms. The Hall–Kier alpha value is -0.840. The first-order valence-corrected chi connectivity index (χ1v) is 7.42. The maximum atomic E-state index is 9.40. The van der Waals surface area contributed by atoms with E-state index < -0.39 is 0 Å². The van der Waals surface area contributed by atoms with E-state index in [4.69, 9.17) is 11.6 Å². The van der Waals surface area contributed by atoms with Crippen LogP contribution in [-0.4, -0.2) is 14.9 Å². The fourth-order valence-electron chi connectivity index (χ4n) is 1.99. The predicted octanol–water partition coefficient (Wildman–Crippen LogP) is 3.79. The number of aromatic nitrogens is 2. The van der Waals surface area contributed by atoms with Gasteiger partial charge in [-0.3, -0.25) is 0 Å². The molecule has 0 spiro atoms. The summed E-state index contributed by atoms with van der Waals surface area (Å²) < 4.78 is 2.80. The second-order valence-corrected chi connectivity index (χ2v) is 5.68. The standard InChI is InChI=1S/C14H16BrClN2O/c1-2-3-13-12(9-19)14(16)18(17-13)8-10-4-6-11(15)7-5-10/h4-7,19H,2-3,8-9H2,1H3. The van der Waals surface area contributed by atoms with Gasteiger partial charge >= 0.3 is 0 Å². The van der Waals surface area contributed by atoms with E-state index in [2.05, 4.69) is 28.0 Å².